The lowest BCUT2D eigenvalue weighted by Crippen LogP contribution is -2.18. The molecule has 0 aromatic carbocycles. The van der Waals surface area contributed by atoms with E-state index in [4.69, 9.17) is 5.11 Å². The molecule has 1 heterocycles. The van der Waals surface area contributed by atoms with Crippen LogP contribution in [0.2, 0.25) is 0 Å². The van der Waals surface area contributed by atoms with E-state index in [1.165, 1.54) is 0 Å². The van der Waals surface area contributed by atoms with Crippen LogP contribution in [0.3, 0.4) is 0 Å². The van der Waals surface area contributed by atoms with Crippen molar-refractivity contribution in [3.63, 3.8) is 0 Å². The Bertz CT molecular complexity index is 220. The summed E-state index contributed by atoms with van der Waals surface area (Å²) in [5, 5.41) is 12.9. The number of thiazole rings is 1. The van der Waals surface area contributed by atoms with Crippen LogP contribution in [0.25, 0.3) is 0 Å². The van der Waals surface area contributed by atoms with Gasteiger partial charge in [0.1, 0.15) is 0 Å². The molecule has 1 aromatic rings. The second-order valence-electron chi connectivity index (χ2n) is 2.31. The van der Waals surface area contributed by atoms with E-state index in [1.807, 2.05) is 14.0 Å². The van der Waals surface area contributed by atoms with Gasteiger partial charge < -0.3 is 10.4 Å². The molecule has 11 heavy (non-hydrogen) atoms. The molecular weight excluding hydrogens is 160 g/mol. The lowest BCUT2D eigenvalue weighted by molar-refractivity contribution is 0.252. The van der Waals surface area contributed by atoms with E-state index < -0.39 is 0 Å². The third-order valence-corrected chi connectivity index (χ3v) is 2.54. The third-order valence-electron chi connectivity index (χ3n) is 1.51. The van der Waals surface area contributed by atoms with Crippen molar-refractivity contribution in [2.75, 3.05) is 13.7 Å². The minimum atomic E-state index is 0.0428. The van der Waals surface area contributed by atoms with Gasteiger partial charge in [-0.2, -0.15) is 0 Å². The predicted molar refractivity (Wildman–Crippen MR) is 45.7 cm³/mol. The summed E-state index contributed by atoms with van der Waals surface area (Å²) >= 11 is 1.61. The molecule has 0 fully saturated rings. The van der Waals surface area contributed by atoms with Crippen LogP contribution in [0, 0.1) is 6.92 Å². The molecule has 0 saturated carbocycles. The zero-order valence-corrected chi connectivity index (χ0v) is 7.48. The van der Waals surface area contributed by atoms with Gasteiger partial charge in [0.25, 0.3) is 0 Å². The van der Waals surface area contributed by atoms with Crippen LogP contribution in [0.5, 0.6) is 0 Å². The molecule has 1 atom stereocenters. The molecule has 1 rings (SSSR count). The maximum absolute atomic E-state index is 8.91. The Morgan fingerprint density at radius 1 is 1.82 bits per heavy atom. The van der Waals surface area contributed by atoms with Crippen LogP contribution in [0.4, 0.5) is 0 Å². The molecule has 0 aliphatic heterocycles. The average Bonchev–Trinajstić information content (AvgIpc) is 2.39. The number of nitrogens with zero attached hydrogens (tertiary/aromatic N) is 1. The van der Waals surface area contributed by atoms with E-state index in [0.717, 1.165) is 9.88 Å². The Morgan fingerprint density at radius 3 is 2.91 bits per heavy atom. The van der Waals surface area contributed by atoms with Crippen molar-refractivity contribution in [3.8, 4) is 0 Å². The number of rotatable bonds is 3. The van der Waals surface area contributed by atoms with Gasteiger partial charge in [-0.25, -0.2) is 4.98 Å². The standard InChI is InChI=1S/C7H12N2OS/c1-5-9-3-7(11-5)6(4-10)8-2/h3,6,8,10H,4H2,1-2H3. The first-order valence-corrected chi connectivity index (χ1v) is 4.30. The molecule has 1 aromatic heterocycles. The lowest BCUT2D eigenvalue weighted by atomic mass is 10.3. The van der Waals surface area contributed by atoms with Gasteiger partial charge in [0, 0.05) is 11.1 Å². The van der Waals surface area contributed by atoms with Crippen LogP contribution >= 0.6 is 11.3 Å². The molecule has 0 bridgehead atoms. The predicted octanol–water partition coefficient (Wildman–Crippen LogP) is 0.704. The Labute approximate surface area is 70.1 Å². The molecule has 0 saturated heterocycles. The Kier molecular flexibility index (Phi) is 2.99. The van der Waals surface area contributed by atoms with Gasteiger partial charge in [-0.3, -0.25) is 0 Å². The monoisotopic (exact) mass is 172 g/mol. The van der Waals surface area contributed by atoms with Crippen molar-refractivity contribution in [2.45, 2.75) is 13.0 Å². The summed E-state index contributed by atoms with van der Waals surface area (Å²) in [4.78, 5) is 5.19. The Morgan fingerprint density at radius 2 is 2.55 bits per heavy atom. The molecule has 0 aliphatic carbocycles. The summed E-state index contributed by atoms with van der Waals surface area (Å²) < 4.78 is 0. The fraction of sp³-hybridized carbons (Fsp3) is 0.571. The number of aromatic nitrogens is 1. The van der Waals surface area contributed by atoms with Crippen LogP contribution < -0.4 is 5.32 Å². The van der Waals surface area contributed by atoms with Gasteiger partial charge in [-0.1, -0.05) is 0 Å². The molecule has 0 amide bonds. The maximum Gasteiger partial charge on any atom is 0.0897 e. The van der Waals surface area contributed by atoms with E-state index >= 15 is 0 Å². The van der Waals surface area contributed by atoms with Crippen molar-refractivity contribution in [2.24, 2.45) is 0 Å². The van der Waals surface area contributed by atoms with Crippen molar-refractivity contribution in [1.29, 1.82) is 0 Å². The first-order valence-electron chi connectivity index (χ1n) is 3.48. The molecule has 4 heteroatoms. The van der Waals surface area contributed by atoms with Crippen LogP contribution in [0.15, 0.2) is 6.20 Å². The molecule has 2 N–H and O–H groups in total. The van der Waals surface area contributed by atoms with E-state index in [2.05, 4.69) is 10.3 Å². The summed E-state index contributed by atoms with van der Waals surface area (Å²) in [6.07, 6.45) is 1.80. The van der Waals surface area contributed by atoms with Gasteiger partial charge in [0.2, 0.25) is 0 Å². The molecular formula is C7H12N2OS. The number of hydrogen-bond acceptors (Lipinski definition) is 4. The van der Waals surface area contributed by atoms with E-state index in [0.29, 0.717) is 0 Å². The van der Waals surface area contributed by atoms with Gasteiger partial charge >= 0.3 is 0 Å². The van der Waals surface area contributed by atoms with Crippen LogP contribution in [-0.4, -0.2) is 23.7 Å². The summed E-state index contributed by atoms with van der Waals surface area (Å²) in [7, 11) is 1.83. The van der Waals surface area contributed by atoms with Gasteiger partial charge in [-0.15, -0.1) is 11.3 Å². The van der Waals surface area contributed by atoms with E-state index in [9.17, 15) is 0 Å². The molecule has 0 radical (unpaired) electrons. The second kappa shape index (κ2) is 3.80. The largest absolute Gasteiger partial charge is 0.394 e. The maximum atomic E-state index is 8.91. The van der Waals surface area contributed by atoms with Crippen molar-refractivity contribution in [3.05, 3.63) is 16.1 Å². The van der Waals surface area contributed by atoms with Crippen molar-refractivity contribution >= 4 is 11.3 Å². The van der Waals surface area contributed by atoms with Gasteiger partial charge in [0.05, 0.1) is 17.7 Å². The number of aliphatic hydroxyl groups is 1. The summed E-state index contributed by atoms with van der Waals surface area (Å²) in [5.41, 5.74) is 0. The summed E-state index contributed by atoms with van der Waals surface area (Å²) in [6.45, 7) is 2.08. The number of aryl methyl sites for hydroxylation is 1. The molecule has 3 nitrogen and oxygen atoms in total. The van der Waals surface area contributed by atoms with Crippen molar-refractivity contribution in [1.82, 2.24) is 10.3 Å². The summed E-state index contributed by atoms with van der Waals surface area (Å²) in [5.74, 6) is 0. The molecule has 1 unspecified atom stereocenters. The minimum absolute atomic E-state index is 0.0428. The van der Waals surface area contributed by atoms with Crippen LogP contribution in [-0.2, 0) is 0 Å². The Balaban J connectivity index is 2.73. The fourth-order valence-corrected chi connectivity index (χ4v) is 1.75. The summed E-state index contributed by atoms with van der Waals surface area (Å²) in [6, 6.07) is 0.0428. The topological polar surface area (TPSA) is 45.1 Å². The lowest BCUT2D eigenvalue weighted by Gasteiger charge is -2.08. The van der Waals surface area contributed by atoms with E-state index in [1.54, 1.807) is 17.5 Å². The number of nitrogens with one attached hydrogen (secondary N) is 1. The smallest absolute Gasteiger partial charge is 0.0897 e. The third kappa shape index (κ3) is 1.99. The highest BCUT2D eigenvalue weighted by Crippen LogP contribution is 2.19. The van der Waals surface area contributed by atoms with E-state index in [-0.39, 0.29) is 12.6 Å². The SMILES string of the molecule is CNC(CO)c1cnc(C)s1. The first-order chi connectivity index (χ1) is 5.27. The normalized spacial score (nSPS) is 13.4. The van der Waals surface area contributed by atoms with Crippen LogP contribution in [0.1, 0.15) is 15.9 Å². The minimum Gasteiger partial charge on any atom is -0.394 e. The average molecular weight is 172 g/mol. The highest BCUT2D eigenvalue weighted by molar-refractivity contribution is 7.11. The van der Waals surface area contributed by atoms with Crippen molar-refractivity contribution < 1.29 is 5.11 Å². The molecule has 62 valence electrons. The molecule has 0 spiro atoms. The molecule has 0 aliphatic rings. The number of aliphatic hydroxyl groups excluding tert-OH is 1. The highest BCUT2D eigenvalue weighted by atomic mass is 32.1. The Hall–Kier alpha value is -0.450. The van der Waals surface area contributed by atoms with Gasteiger partial charge in [-0.05, 0) is 14.0 Å². The second-order valence-corrected chi connectivity index (χ2v) is 3.57. The number of hydrogen-bond donors (Lipinski definition) is 2. The zero-order chi connectivity index (χ0) is 8.27. The fourth-order valence-electron chi connectivity index (χ4n) is 0.862. The first kappa shape index (κ1) is 8.64. The van der Waals surface area contributed by atoms with Gasteiger partial charge in [0.15, 0.2) is 0 Å². The highest BCUT2D eigenvalue weighted by Gasteiger charge is 2.09. The quantitative estimate of drug-likeness (QED) is 0.705. The zero-order valence-electron chi connectivity index (χ0n) is 6.66. The number of likely N-dealkylation sites (N-methyl/N-ethyl adjacent to an activating group) is 1.